The number of allylic oxidation sites excluding steroid dienone is 1. The summed E-state index contributed by atoms with van der Waals surface area (Å²) >= 11 is 1.69. The average molecular weight is 331 g/mol. The van der Waals surface area contributed by atoms with Gasteiger partial charge in [0.1, 0.15) is 0 Å². The molecule has 0 unspecified atom stereocenters. The third-order valence-corrected chi connectivity index (χ3v) is 4.29. The first-order valence-electron chi connectivity index (χ1n) is 7.39. The number of carbonyl (C=O) groups excluding carboxylic acids is 1. The van der Waals surface area contributed by atoms with Crippen LogP contribution >= 0.6 is 11.3 Å². The number of benzene rings is 1. The predicted octanol–water partition coefficient (Wildman–Crippen LogP) is 3.77. The van der Waals surface area contributed by atoms with E-state index in [0.29, 0.717) is 23.6 Å². The number of hydrogen-bond donors (Lipinski definition) is 1. The molecule has 1 aromatic carbocycles. The van der Waals surface area contributed by atoms with E-state index >= 15 is 0 Å². The van der Waals surface area contributed by atoms with Crippen molar-refractivity contribution < 1.29 is 14.3 Å². The Hall–Kier alpha value is -2.27. The highest BCUT2D eigenvalue weighted by atomic mass is 32.1. The summed E-state index contributed by atoms with van der Waals surface area (Å²) in [6.07, 6.45) is 4.62. The zero-order chi connectivity index (χ0) is 16.7. The maximum atomic E-state index is 12.4. The van der Waals surface area contributed by atoms with Crippen molar-refractivity contribution in [2.75, 3.05) is 20.8 Å². The first kappa shape index (κ1) is 17.1. The summed E-state index contributed by atoms with van der Waals surface area (Å²) in [7, 11) is 3.15. The number of hydrogen-bond acceptors (Lipinski definition) is 4. The lowest BCUT2D eigenvalue weighted by Gasteiger charge is -2.13. The van der Waals surface area contributed by atoms with E-state index in [-0.39, 0.29) is 5.91 Å². The Kier molecular flexibility index (Phi) is 6.23. The van der Waals surface area contributed by atoms with Crippen LogP contribution in [0.2, 0.25) is 0 Å². The minimum absolute atomic E-state index is 0.117. The molecule has 1 aromatic heterocycles. The number of carbonyl (C=O) groups is 1. The zero-order valence-corrected chi connectivity index (χ0v) is 14.4. The van der Waals surface area contributed by atoms with Gasteiger partial charge in [0.05, 0.1) is 14.2 Å². The Morgan fingerprint density at radius 1 is 1.30 bits per heavy atom. The van der Waals surface area contributed by atoms with Crippen LogP contribution in [0.4, 0.5) is 0 Å². The number of nitrogens with one attached hydrogen (secondary N) is 1. The van der Waals surface area contributed by atoms with Gasteiger partial charge < -0.3 is 14.8 Å². The van der Waals surface area contributed by atoms with Gasteiger partial charge in [-0.15, -0.1) is 11.3 Å². The highest BCUT2D eigenvalue weighted by Gasteiger charge is 2.14. The Morgan fingerprint density at radius 3 is 2.74 bits per heavy atom. The summed E-state index contributed by atoms with van der Waals surface area (Å²) in [6, 6.07) is 7.59. The summed E-state index contributed by atoms with van der Waals surface area (Å²) in [4.78, 5) is 13.6. The van der Waals surface area contributed by atoms with Crippen LogP contribution in [0.15, 0.2) is 35.7 Å². The molecule has 5 heteroatoms. The molecular formula is C18H21NO3S. The van der Waals surface area contributed by atoms with E-state index in [2.05, 4.69) is 11.4 Å². The van der Waals surface area contributed by atoms with E-state index in [1.165, 1.54) is 4.88 Å². The van der Waals surface area contributed by atoms with Gasteiger partial charge in [0.2, 0.25) is 0 Å². The van der Waals surface area contributed by atoms with Crippen molar-refractivity contribution in [1.29, 1.82) is 0 Å². The largest absolute Gasteiger partial charge is 0.493 e. The predicted molar refractivity (Wildman–Crippen MR) is 94.6 cm³/mol. The van der Waals surface area contributed by atoms with Crippen molar-refractivity contribution in [3.05, 3.63) is 51.7 Å². The van der Waals surface area contributed by atoms with Crippen LogP contribution in [0.5, 0.6) is 11.5 Å². The fourth-order valence-corrected chi connectivity index (χ4v) is 2.99. The SMILES string of the molecule is C/C=C/c1cc(C(=O)NCCc2cccs2)cc(OC)c1OC. The molecule has 0 radical (unpaired) electrons. The van der Waals surface area contributed by atoms with Gasteiger partial charge >= 0.3 is 0 Å². The molecule has 1 N–H and O–H groups in total. The number of ether oxygens (including phenoxy) is 2. The van der Waals surface area contributed by atoms with Gasteiger partial charge in [-0.3, -0.25) is 4.79 Å². The van der Waals surface area contributed by atoms with Gasteiger partial charge in [-0.1, -0.05) is 18.2 Å². The maximum Gasteiger partial charge on any atom is 0.251 e. The molecule has 122 valence electrons. The molecule has 1 amide bonds. The average Bonchev–Trinajstić information content (AvgIpc) is 3.07. The summed E-state index contributed by atoms with van der Waals surface area (Å²) in [5.74, 6) is 1.06. The second kappa shape index (κ2) is 8.39. The molecule has 0 aliphatic rings. The van der Waals surface area contributed by atoms with Crippen LogP contribution in [0.1, 0.15) is 27.7 Å². The van der Waals surface area contributed by atoms with E-state index < -0.39 is 0 Å². The molecule has 0 fully saturated rings. The lowest BCUT2D eigenvalue weighted by molar-refractivity contribution is 0.0953. The second-order valence-corrected chi connectivity index (χ2v) is 5.92. The molecule has 1 heterocycles. The maximum absolute atomic E-state index is 12.4. The van der Waals surface area contributed by atoms with Gasteiger partial charge in [0.15, 0.2) is 11.5 Å². The normalized spacial score (nSPS) is 10.7. The highest BCUT2D eigenvalue weighted by Crippen LogP contribution is 2.33. The van der Waals surface area contributed by atoms with Crippen molar-refractivity contribution in [2.45, 2.75) is 13.3 Å². The van der Waals surface area contributed by atoms with E-state index in [9.17, 15) is 4.79 Å². The molecule has 0 saturated carbocycles. The minimum Gasteiger partial charge on any atom is -0.493 e. The van der Waals surface area contributed by atoms with Crippen LogP contribution in [-0.2, 0) is 6.42 Å². The zero-order valence-electron chi connectivity index (χ0n) is 13.6. The summed E-state index contributed by atoms with van der Waals surface area (Å²) in [5, 5.41) is 4.98. The molecular weight excluding hydrogens is 310 g/mol. The second-order valence-electron chi connectivity index (χ2n) is 4.89. The van der Waals surface area contributed by atoms with Gasteiger partial charge in [0, 0.05) is 22.5 Å². The Labute approximate surface area is 140 Å². The van der Waals surface area contributed by atoms with Crippen LogP contribution in [0.3, 0.4) is 0 Å². The van der Waals surface area contributed by atoms with Gasteiger partial charge in [-0.05, 0) is 36.9 Å². The van der Waals surface area contributed by atoms with Crippen molar-refractivity contribution in [1.82, 2.24) is 5.32 Å². The minimum atomic E-state index is -0.117. The van der Waals surface area contributed by atoms with Crippen molar-refractivity contribution in [3.63, 3.8) is 0 Å². The van der Waals surface area contributed by atoms with E-state index in [0.717, 1.165) is 12.0 Å². The molecule has 2 rings (SSSR count). The van der Waals surface area contributed by atoms with Crippen LogP contribution in [0.25, 0.3) is 6.08 Å². The van der Waals surface area contributed by atoms with Gasteiger partial charge in [-0.2, -0.15) is 0 Å². The van der Waals surface area contributed by atoms with Crippen molar-refractivity contribution >= 4 is 23.3 Å². The first-order chi connectivity index (χ1) is 11.2. The van der Waals surface area contributed by atoms with Crippen LogP contribution in [0, 0.1) is 0 Å². The molecule has 0 saturated heterocycles. The molecule has 0 atom stereocenters. The molecule has 0 aliphatic heterocycles. The number of methoxy groups -OCH3 is 2. The summed E-state index contributed by atoms with van der Waals surface area (Å²) < 4.78 is 10.7. The van der Waals surface area contributed by atoms with E-state index in [4.69, 9.17) is 9.47 Å². The number of thiophene rings is 1. The first-order valence-corrected chi connectivity index (χ1v) is 8.26. The fourth-order valence-electron chi connectivity index (χ4n) is 2.28. The lowest BCUT2D eigenvalue weighted by Crippen LogP contribution is -2.25. The Bertz CT molecular complexity index is 678. The molecule has 23 heavy (non-hydrogen) atoms. The summed E-state index contributed by atoms with van der Waals surface area (Å²) in [5.41, 5.74) is 1.37. The standard InChI is InChI=1S/C18H21NO3S/c1-4-6-13-11-14(12-16(21-2)17(13)22-3)18(20)19-9-8-15-7-5-10-23-15/h4-7,10-12H,8-9H2,1-3H3,(H,19,20)/b6-4+. The topological polar surface area (TPSA) is 47.6 Å². The van der Waals surface area contributed by atoms with Gasteiger partial charge in [0.25, 0.3) is 5.91 Å². The Balaban J connectivity index is 2.14. The summed E-state index contributed by atoms with van der Waals surface area (Å²) in [6.45, 7) is 2.52. The quantitative estimate of drug-likeness (QED) is 0.840. The fraction of sp³-hybridized carbons (Fsp3) is 0.278. The molecule has 0 aliphatic carbocycles. The van der Waals surface area contributed by atoms with Crippen molar-refractivity contribution in [2.24, 2.45) is 0 Å². The lowest BCUT2D eigenvalue weighted by atomic mass is 10.1. The van der Waals surface area contributed by atoms with Crippen molar-refractivity contribution in [3.8, 4) is 11.5 Å². The van der Waals surface area contributed by atoms with Crippen LogP contribution in [-0.4, -0.2) is 26.7 Å². The third kappa shape index (κ3) is 4.36. The molecule has 4 nitrogen and oxygen atoms in total. The van der Waals surface area contributed by atoms with Crippen LogP contribution < -0.4 is 14.8 Å². The van der Waals surface area contributed by atoms with E-state index in [1.54, 1.807) is 31.6 Å². The highest BCUT2D eigenvalue weighted by molar-refractivity contribution is 7.09. The number of rotatable bonds is 7. The molecule has 2 aromatic rings. The third-order valence-electron chi connectivity index (χ3n) is 3.35. The molecule has 0 spiro atoms. The van der Waals surface area contributed by atoms with Gasteiger partial charge in [-0.25, -0.2) is 0 Å². The molecule has 0 bridgehead atoms. The Morgan fingerprint density at radius 2 is 2.13 bits per heavy atom. The van der Waals surface area contributed by atoms with E-state index in [1.807, 2.05) is 36.6 Å². The number of amides is 1. The smallest absolute Gasteiger partial charge is 0.251 e. The monoisotopic (exact) mass is 331 g/mol.